The van der Waals surface area contributed by atoms with Crippen LogP contribution in [0.15, 0.2) is 18.2 Å². The van der Waals surface area contributed by atoms with Crippen molar-refractivity contribution in [2.45, 2.75) is 13.3 Å². The predicted molar refractivity (Wildman–Crippen MR) is 71.9 cm³/mol. The average molecular weight is 283 g/mol. The highest BCUT2D eigenvalue weighted by molar-refractivity contribution is 7.91. The smallest absolute Gasteiger partial charge is 0.251 e. The summed E-state index contributed by atoms with van der Waals surface area (Å²) in [5.74, 6) is 0.134. The number of carbonyl (C=O) groups is 1. The summed E-state index contributed by atoms with van der Waals surface area (Å²) in [6.07, 6.45) is 0.599. The Bertz CT molecular complexity index is 595. The Balaban J connectivity index is 1.93. The minimum Gasteiger partial charge on any atom is -0.508 e. The lowest BCUT2D eigenvalue weighted by atomic mass is 10.1. The highest BCUT2D eigenvalue weighted by Crippen LogP contribution is 2.19. The van der Waals surface area contributed by atoms with Crippen molar-refractivity contribution in [1.29, 1.82) is 0 Å². The van der Waals surface area contributed by atoms with Crippen LogP contribution in [0.4, 0.5) is 0 Å². The Hall–Kier alpha value is -1.56. The zero-order valence-corrected chi connectivity index (χ0v) is 11.5. The molecule has 6 heteroatoms. The molecule has 1 aromatic carbocycles. The van der Waals surface area contributed by atoms with Crippen molar-refractivity contribution < 1.29 is 18.3 Å². The van der Waals surface area contributed by atoms with Crippen molar-refractivity contribution in [3.63, 3.8) is 0 Å². The molecule has 104 valence electrons. The van der Waals surface area contributed by atoms with Crippen LogP contribution in [0.3, 0.4) is 0 Å². The number of phenolic OH excluding ortho intramolecular Hbond substituents is 1. The van der Waals surface area contributed by atoms with Gasteiger partial charge in [-0.2, -0.15) is 0 Å². The predicted octanol–water partition coefficient (Wildman–Crippen LogP) is 0.865. The summed E-state index contributed by atoms with van der Waals surface area (Å²) in [6.45, 7) is 2.10. The van der Waals surface area contributed by atoms with Gasteiger partial charge in [0, 0.05) is 12.1 Å². The lowest BCUT2D eigenvalue weighted by Crippen LogP contribution is -2.29. The molecule has 1 aliphatic rings. The van der Waals surface area contributed by atoms with Crippen LogP contribution in [0.5, 0.6) is 5.75 Å². The second-order valence-electron chi connectivity index (χ2n) is 4.98. The third-order valence-corrected chi connectivity index (χ3v) is 5.19. The maximum atomic E-state index is 11.9. The Morgan fingerprint density at radius 3 is 2.79 bits per heavy atom. The van der Waals surface area contributed by atoms with Crippen molar-refractivity contribution in [3.05, 3.63) is 29.3 Å². The van der Waals surface area contributed by atoms with Gasteiger partial charge in [-0.15, -0.1) is 0 Å². The maximum absolute atomic E-state index is 11.9. The molecule has 0 bridgehead atoms. The van der Waals surface area contributed by atoms with Crippen molar-refractivity contribution in [3.8, 4) is 5.75 Å². The van der Waals surface area contributed by atoms with Gasteiger partial charge in [-0.3, -0.25) is 4.79 Å². The van der Waals surface area contributed by atoms with Gasteiger partial charge >= 0.3 is 0 Å². The summed E-state index contributed by atoms with van der Waals surface area (Å²) >= 11 is 0. The lowest BCUT2D eigenvalue weighted by molar-refractivity contribution is 0.0948. The van der Waals surface area contributed by atoms with E-state index >= 15 is 0 Å². The van der Waals surface area contributed by atoms with Gasteiger partial charge in [-0.25, -0.2) is 8.42 Å². The van der Waals surface area contributed by atoms with E-state index in [0.29, 0.717) is 24.1 Å². The Kier molecular flexibility index (Phi) is 3.80. The molecule has 19 heavy (non-hydrogen) atoms. The van der Waals surface area contributed by atoms with E-state index in [-0.39, 0.29) is 29.1 Å². The Morgan fingerprint density at radius 2 is 2.21 bits per heavy atom. The van der Waals surface area contributed by atoms with Crippen molar-refractivity contribution in [2.24, 2.45) is 5.92 Å². The van der Waals surface area contributed by atoms with Crippen LogP contribution in [-0.2, 0) is 9.84 Å². The summed E-state index contributed by atoms with van der Waals surface area (Å²) in [6, 6.07) is 4.72. The molecule has 0 aromatic heterocycles. The molecule has 2 rings (SSSR count). The number of rotatable bonds is 3. The minimum atomic E-state index is -2.91. The van der Waals surface area contributed by atoms with Gasteiger partial charge in [0.15, 0.2) is 9.84 Å². The lowest BCUT2D eigenvalue weighted by Gasteiger charge is -2.10. The molecule has 0 spiro atoms. The fourth-order valence-electron chi connectivity index (χ4n) is 2.12. The number of nitrogens with one attached hydrogen (secondary N) is 1. The molecular formula is C13H17NO4S. The minimum absolute atomic E-state index is 0.00649. The second-order valence-corrected chi connectivity index (χ2v) is 7.21. The van der Waals surface area contributed by atoms with Crippen LogP contribution in [0.25, 0.3) is 0 Å². The van der Waals surface area contributed by atoms with Crippen molar-refractivity contribution in [1.82, 2.24) is 5.32 Å². The van der Waals surface area contributed by atoms with Crippen molar-refractivity contribution >= 4 is 15.7 Å². The Labute approximate surface area is 112 Å². The number of phenols is 1. The SMILES string of the molecule is Cc1ccc(C(=O)NCC2CCS(=O)(=O)C2)cc1O. The molecule has 1 aromatic rings. The largest absolute Gasteiger partial charge is 0.508 e. The van der Waals surface area contributed by atoms with E-state index in [1.54, 1.807) is 19.1 Å². The van der Waals surface area contributed by atoms with Crippen molar-refractivity contribution in [2.75, 3.05) is 18.1 Å². The number of benzene rings is 1. The number of amides is 1. The molecule has 0 aliphatic carbocycles. The highest BCUT2D eigenvalue weighted by Gasteiger charge is 2.27. The molecule has 1 heterocycles. The van der Waals surface area contributed by atoms with Crippen LogP contribution in [0.1, 0.15) is 22.3 Å². The first-order chi connectivity index (χ1) is 8.87. The van der Waals surface area contributed by atoms with Gasteiger partial charge in [0.2, 0.25) is 0 Å². The third-order valence-electron chi connectivity index (χ3n) is 3.35. The number of hydrogen-bond acceptors (Lipinski definition) is 4. The number of sulfone groups is 1. The fourth-order valence-corrected chi connectivity index (χ4v) is 3.98. The molecule has 1 aliphatic heterocycles. The molecule has 1 atom stereocenters. The number of hydrogen-bond donors (Lipinski definition) is 2. The highest BCUT2D eigenvalue weighted by atomic mass is 32.2. The van der Waals surface area contributed by atoms with E-state index in [2.05, 4.69) is 5.32 Å². The standard InChI is InChI=1S/C13H17NO4S/c1-9-2-3-11(6-12(9)15)13(16)14-7-10-4-5-19(17,18)8-10/h2-3,6,10,15H,4-5,7-8H2,1H3,(H,14,16). The molecule has 0 radical (unpaired) electrons. The van der Waals surface area contributed by atoms with E-state index in [1.165, 1.54) is 6.07 Å². The van der Waals surface area contributed by atoms with E-state index in [1.807, 2.05) is 0 Å². The summed E-state index contributed by atoms with van der Waals surface area (Å²) in [4.78, 5) is 11.9. The van der Waals surface area contributed by atoms with E-state index in [0.717, 1.165) is 0 Å². The van der Waals surface area contributed by atoms with E-state index in [4.69, 9.17) is 0 Å². The summed E-state index contributed by atoms with van der Waals surface area (Å²) in [5.41, 5.74) is 1.09. The quantitative estimate of drug-likeness (QED) is 0.862. The van der Waals surface area contributed by atoms with Gasteiger partial charge in [0.05, 0.1) is 11.5 Å². The molecular weight excluding hydrogens is 266 g/mol. The fraction of sp³-hybridized carbons (Fsp3) is 0.462. The Morgan fingerprint density at radius 1 is 1.47 bits per heavy atom. The van der Waals surface area contributed by atoms with Gasteiger partial charge in [0.1, 0.15) is 5.75 Å². The van der Waals surface area contributed by atoms with Gasteiger partial charge in [0.25, 0.3) is 5.91 Å². The van der Waals surface area contributed by atoms with Crippen LogP contribution < -0.4 is 5.32 Å². The second kappa shape index (κ2) is 5.21. The first-order valence-corrected chi connectivity index (χ1v) is 7.98. The summed E-state index contributed by atoms with van der Waals surface area (Å²) < 4.78 is 22.6. The first-order valence-electron chi connectivity index (χ1n) is 6.15. The first kappa shape index (κ1) is 13.9. The monoisotopic (exact) mass is 283 g/mol. The molecule has 2 N–H and O–H groups in total. The molecule has 5 nitrogen and oxygen atoms in total. The van der Waals surface area contributed by atoms with E-state index < -0.39 is 9.84 Å². The van der Waals surface area contributed by atoms with Crippen LogP contribution in [-0.4, -0.2) is 37.5 Å². The number of aryl methyl sites for hydroxylation is 1. The average Bonchev–Trinajstić information content (AvgIpc) is 2.69. The molecule has 1 unspecified atom stereocenters. The van der Waals surface area contributed by atoms with Gasteiger partial charge in [-0.1, -0.05) is 6.07 Å². The molecule has 0 saturated carbocycles. The zero-order chi connectivity index (χ0) is 14.0. The topological polar surface area (TPSA) is 83.5 Å². The normalized spacial score (nSPS) is 21.2. The summed E-state index contributed by atoms with van der Waals surface area (Å²) in [7, 11) is -2.91. The van der Waals surface area contributed by atoms with Crippen LogP contribution >= 0.6 is 0 Å². The van der Waals surface area contributed by atoms with Gasteiger partial charge in [-0.05, 0) is 37.0 Å². The maximum Gasteiger partial charge on any atom is 0.251 e. The van der Waals surface area contributed by atoms with Crippen LogP contribution in [0.2, 0.25) is 0 Å². The van der Waals surface area contributed by atoms with Crippen LogP contribution in [0, 0.1) is 12.8 Å². The zero-order valence-electron chi connectivity index (χ0n) is 10.7. The van der Waals surface area contributed by atoms with Gasteiger partial charge < -0.3 is 10.4 Å². The third kappa shape index (κ3) is 3.47. The molecule has 1 saturated heterocycles. The molecule has 1 fully saturated rings. The molecule has 1 amide bonds. The summed E-state index contributed by atoms with van der Waals surface area (Å²) in [5, 5.41) is 12.2. The number of carbonyl (C=O) groups excluding carboxylic acids is 1. The number of aromatic hydroxyl groups is 1. The van der Waals surface area contributed by atoms with E-state index in [9.17, 15) is 18.3 Å².